The number of carbonyl (C=O) groups is 1. The molecule has 1 fully saturated rings. The van der Waals surface area contributed by atoms with Crippen LogP contribution in [0.4, 0.5) is 0 Å². The van der Waals surface area contributed by atoms with E-state index in [1.165, 1.54) is 11.3 Å². The maximum Gasteiger partial charge on any atom is 0.262 e. The van der Waals surface area contributed by atoms with Crippen LogP contribution in [0.5, 0.6) is 0 Å². The van der Waals surface area contributed by atoms with Crippen molar-refractivity contribution >= 4 is 28.1 Å². The van der Waals surface area contributed by atoms with Crippen molar-refractivity contribution in [3.8, 4) is 0 Å². The molecule has 3 aromatic rings. The van der Waals surface area contributed by atoms with Crippen LogP contribution in [0.25, 0.3) is 10.9 Å². The van der Waals surface area contributed by atoms with Gasteiger partial charge in [0.1, 0.15) is 0 Å². The van der Waals surface area contributed by atoms with Crippen LogP contribution in [0.2, 0.25) is 0 Å². The highest BCUT2D eigenvalue weighted by molar-refractivity contribution is 7.12. The largest absolute Gasteiger partial charge is 0.393 e. The smallest absolute Gasteiger partial charge is 0.262 e. The fourth-order valence-electron chi connectivity index (χ4n) is 3.45. The van der Waals surface area contributed by atoms with Gasteiger partial charge < -0.3 is 10.4 Å². The lowest BCUT2D eigenvalue weighted by Gasteiger charge is -2.38. The molecule has 1 amide bonds. The SMILES string of the molecule is Cc1ccsc1C(=O)NC(c1cnc2ccccc2c1)C1CC(O)C1. The average Bonchev–Trinajstić information content (AvgIpc) is 3.03. The second-order valence-electron chi connectivity index (χ2n) is 6.73. The molecule has 2 aromatic heterocycles. The summed E-state index contributed by atoms with van der Waals surface area (Å²) >= 11 is 1.46. The molecule has 1 unspecified atom stereocenters. The van der Waals surface area contributed by atoms with E-state index in [9.17, 15) is 9.90 Å². The van der Waals surface area contributed by atoms with Crippen LogP contribution in [-0.2, 0) is 0 Å². The van der Waals surface area contributed by atoms with Crippen molar-refractivity contribution in [3.63, 3.8) is 0 Å². The molecule has 4 nitrogen and oxygen atoms in total. The number of benzene rings is 1. The number of nitrogens with one attached hydrogen (secondary N) is 1. The van der Waals surface area contributed by atoms with Crippen molar-refractivity contribution in [3.05, 3.63) is 64.0 Å². The fraction of sp³-hybridized carbons (Fsp3) is 0.300. The molecule has 1 aliphatic carbocycles. The fourth-order valence-corrected chi connectivity index (χ4v) is 4.27. The van der Waals surface area contributed by atoms with Gasteiger partial charge in [-0.1, -0.05) is 18.2 Å². The third-order valence-electron chi connectivity index (χ3n) is 4.95. The van der Waals surface area contributed by atoms with E-state index in [0.29, 0.717) is 12.8 Å². The first-order valence-corrected chi connectivity index (χ1v) is 9.37. The molecular formula is C20H20N2O2S. The van der Waals surface area contributed by atoms with Gasteiger partial charge in [0, 0.05) is 11.6 Å². The Labute approximate surface area is 150 Å². The Morgan fingerprint density at radius 1 is 1.32 bits per heavy atom. The minimum Gasteiger partial charge on any atom is -0.393 e. The maximum atomic E-state index is 12.7. The van der Waals surface area contributed by atoms with Crippen molar-refractivity contribution < 1.29 is 9.90 Å². The summed E-state index contributed by atoms with van der Waals surface area (Å²) in [4.78, 5) is 18.0. The molecular weight excluding hydrogens is 332 g/mol. The quantitative estimate of drug-likeness (QED) is 0.750. The molecule has 1 atom stereocenters. The zero-order chi connectivity index (χ0) is 17.4. The normalized spacial score (nSPS) is 20.9. The van der Waals surface area contributed by atoms with Gasteiger partial charge in [-0.05, 0) is 60.4 Å². The van der Waals surface area contributed by atoms with E-state index in [0.717, 1.165) is 26.9 Å². The number of aliphatic hydroxyl groups excluding tert-OH is 1. The van der Waals surface area contributed by atoms with E-state index in [1.807, 2.05) is 48.8 Å². The highest BCUT2D eigenvalue weighted by Gasteiger charge is 2.36. The predicted molar refractivity (Wildman–Crippen MR) is 99.7 cm³/mol. The molecule has 2 N–H and O–H groups in total. The van der Waals surface area contributed by atoms with Crippen LogP contribution < -0.4 is 5.32 Å². The average molecular weight is 352 g/mol. The second-order valence-corrected chi connectivity index (χ2v) is 7.65. The topological polar surface area (TPSA) is 62.2 Å². The molecule has 0 radical (unpaired) electrons. The van der Waals surface area contributed by atoms with Crippen molar-refractivity contribution in [1.82, 2.24) is 10.3 Å². The summed E-state index contributed by atoms with van der Waals surface area (Å²) in [6.45, 7) is 1.95. The number of amides is 1. The first-order valence-electron chi connectivity index (χ1n) is 8.49. The number of aryl methyl sites for hydroxylation is 1. The van der Waals surface area contributed by atoms with Crippen LogP contribution in [0.15, 0.2) is 48.0 Å². The van der Waals surface area contributed by atoms with Crippen LogP contribution in [0.1, 0.15) is 39.7 Å². The molecule has 25 heavy (non-hydrogen) atoms. The lowest BCUT2D eigenvalue weighted by Crippen LogP contribution is -2.41. The van der Waals surface area contributed by atoms with E-state index >= 15 is 0 Å². The number of hydrogen-bond acceptors (Lipinski definition) is 4. The van der Waals surface area contributed by atoms with Gasteiger partial charge >= 0.3 is 0 Å². The number of nitrogens with zero attached hydrogens (tertiary/aromatic N) is 1. The van der Waals surface area contributed by atoms with Gasteiger partial charge in [-0.15, -0.1) is 11.3 Å². The van der Waals surface area contributed by atoms with E-state index in [1.54, 1.807) is 0 Å². The van der Waals surface area contributed by atoms with Crippen molar-refractivity contribution in [1.29, 1.82) is 0 Å². The highest BCUT2D eigenvalue weighted by Crippen LogP contribution is 2.38. The van der Waals surface area contributed by atoms with Crippen LogP contribution >= 0.6 is 11.3 Å². The molecule has 0 aliphatic heterocycles. The molecule has 1 aromatic carbocycles. The molecule has 1 aliphatic rings. The van der Waals surface area contributed by atoms with Crippen LogP contribution in [0, 0.1) is 12.8 Å². The summed E-state index contributed by atoms with van der Waals surface area (Å²) in [6.07, 6.45) is 3.00. The van der Waals surface area contributed by atoms with Crippen LogP contribution in [0.3, 0.4) is 0 Å². The number of aliphatic hydroxyl groups is 1. The number of aromatic nitrogens is 1. The van der Waals surface area contributed by atoms with E-state index in [4.69, 9.17) is 0 Å². The van der Waals surface area contributed by atoms with Crippen molar-refractivity contribution in [2.45, 2.75) is 31.9 Å². The predicted octanol–water partition coefficient (Wildman–Crippen LogP) is 3.85. The summed E-state index contributed by atoms with van der Waals surface area (Å²) in [5, 5.41) is 15.9. The first kappa shape index (κ1) is 16.2. The minimum atomic E-state index is -0.263. The zero-order valence-electron chi connectivity index (χ0n) is 14.0. The number of pyridine rings is 1. The molecule has 5 heteroatoms. The molecule has 4 rings (SSSR count). The monoisotopic (exact) mass is 352 g/mol. The van der Waals surface area contributed by atoms with Crippen molar-refractivity contribution in [2.24, 2.45) is 5.92 Å². The molecule has 0 spiro atoms. The Morgan fingerprint density at radius 3 is 2.84 bits per heavy atom. The third kappa shape index (κ3) is 3.17. The van der Waals surface area contributed by atoms with Gasteiger partial charge in [0.15, 0.2) is 0 Å². The highest BCUT2D eigenvalue weighted by atomic mass is 32.1. The van der Waals surface area contributed by atoms with Gasteiger partial charge in [-0.25, -0.2) is 0 Å². The van der Waals surface area contributed by atoms with Gasteiger partial charge in [0.25, 0.3) is 5.91 Å². The Kier molecular flexibility index (Phi) is 4.27. The third-order valence-corrected chi connectivity index (χ3v) is 5.96. The standard InChI is InChI=1S/C20H20N2O2S/c1-12-6-7-25-19(12)20(24)22-18(14-9-16(23)10-14)15-8-13-4-2-3-5-17(13)21-11-15/h2-8,11,14,16,18,23H,9-10H2,1H3,(H,22,24). The lowest BCUT2D eigenvalue weighted by molar-refractivity contribution is 0.0235. The molecule has 128 valence electrons. The second kappa shape index (κ2) is 6.58. The minimum absolute atomic E-state index is 0.0490. The number of para-hydroxylation sites is 1. The van der Waals surface area contributed by atoms with Crippen LogP contribution in [-0.4, -0.2) is 22.1 Å². The molecule has 2 heterocycles. The summed E-state index contributed by atoms with van der Waals surface area (Å²) in [7, 11) is 0. The van der Waals surface area contributed by atoms with E-state index in [2.05, 4.69) is 16.4 Å². The first-order chi connectivity index (χ1) is 12.1. The molecule has 1 saturated carbocycles. The summed E-state index contributed by atoms with van der Waals surface area (Å²) in [5.74, 6) is 0.189. The number of rotatable bonds is 4. The molecule has 0 bridgehead atoms. The zero-order valence-corrected chi connectivity index (χ0v) is 14.8. The number of thiophene rings is 1. The summed E-state index contributed by atoms with van der Waals surface area (Å²) in [6, 6.07) is 11.9. The van der Waals surface area contributed by atoms with Gasteiger partial charge in [-0.3, -0.25) is 9.78 Å². The summed E-state index contributed by atoms with van der Waals surface area (Å²) < 4.78 is 0. The lowest BCUT2D eigenvalue weighted by atomic mass is 9.75. The summed E-state index contributed by atoms with van der Waals surface area (Å²) in [5.41, 5.74) is 2.93. The Hall–Kier alpha value is -2.24. The Balaban J connectivity index is 1.65. The van der Waals surface area contributed by atoms with Gasteiger partial charge in [0.2, 0.25) is 0 Å². The Bertz CT molecular complexity index is 915. The van der Waals surface area contributed by atoms with E-state index in [-0.39, 0.29) is 24.0 Å². The number of carbonyl (C=O) groups excluding carboxylic acids is 1. The Morgan fingerprint density at radius 2 is 2.12 bits per heavy atom. The number of fused-ring (bicyclic) bond motifs is 1. The number of hydrogen-bond donors (Lipinski definition) is 2. The van der Waals surface area contributed by atoms with Gasteiger partial charge in [-0.2, -0.15) is 0 Å². The van der Waals surface area contributed by atoms with Crippen molar-refractivity contribution in [2.75, 3.05) is 0 Å². The maximum absolute atomic E-state index is 12.7. The van der Waals surface area contributed by atoms with Gasteiger partial charge in [0.05, 0.1) is 22.5 Å². The molecule has 0 saturated heterocycles. The van der Waals surface area contributed by atoms with E-state index < -0.39 is 0 Å².